The zero-order valence-corrected chi connectivity index (χ0v) is 17.6. The molecule has 0 saturated heterocycles. The molecule has 0 aliphatic rings. The first-order valence-corrected chi connectivity index (χ1v) is 10.0. The summed E-state index contributed by atoms with van der Waals surface area (Å²) in [5, 5.41) is 6.14. The minimum absolute atomic E-state index is 0.148. The molecule has 7 nitrogen and oxygen atoms in total. The van der Waals surface area contributed by atoms with Gasteiger partial charge in [-0.15, -0.1) is 11.8 Å². The molecule has 1 aromatic carbocycles. The number of amides is 2. The molecule has 0 unspecified atom stereocenters. The highest BCUT2D eigenvalue weighted by molar-refractivity contribution is 8.00. The summed E-state index contributed by atoms with van der Waals surface area (Å²) in [6.07, 6.45) is 1.56. The Morgan fingerprint density at radius 3 is 2.54 bits per heavy atom. The Morgan fingerprint density at radius 1 is 1.11 bits per heavy atom. The summed E-state index contributed by atoms with van der Waals surface area (Å²) in [4.78, 5) is 25.2. The fraction of sp³-hybridized carbons (Fsp3) is 0.316. The van der Waals surface area contributed by atoms with Gasteiger partial charge in [-0.1, -0.05) is 12.1 Å². The molecule has 0 aliphatic carbocycles. The molecule has 0 bridgehead atoms. The van der Waals surface area contributed by atoms with Crippen molar-refractivity contribution in [1.82, 2.24) is 21.5 Å². The van der Waals surface area contributed by atoms with Gasteiger partial charge in [0.2, 0.25) is 5.91 Å². The van der Waals surface area contributed by atoms with E-state index in [1.54, 1.807) is 36.6 Å². The number of hydrogen-bond donors (Lipinski definition) is 4. The predicted octanol–water partition coefficient (Wildman–Crippen LogP) is 2.60. The van der Waals surface area contributed by atoms with Crippen LogP contribution in [0, 0.1) is 0 Å². The second kappa shape index (κ2) is 10.1. The van der Waals surface area contributed by atoms with Crippen molar-refractivity contribution < 1.29 is 14.0 Å². The minimum atomic E-state index is -0.336. The fourth-order valence-corrected chi connectivity index (χ4v) is 3.36. The van der Waals surface area contributed by atoms with Crippen molar-refractivity contribution in [1.29, 1.82) is 0 Å². The van der Waals surface area contributed by atoms with Gasteiger partial charge in [0.1, 0.15) is 5.76 Å². The zero-order valence-electron chi connectivity index (χ0n) is 16.0. The molecule has 2 amide bonds. The Bertz CT molecular complexity index is 817. The Balaban J connectivity index is 1.86. The standard InChI is InChI=1S/C19H24N4O3S2/c1-19(2,3)21-18(27)23-22-17(25)14-8-4-5-9-15(14)28-12-16(24)20-11-13-7-6-10-26-13/h4-10H,11-12H2,1-3H3,(H,20,24)(H,22,25)(H2,21,23,27). The highest BCUT2D eigenvalue weighted by Crippen LogP contribution is 2.22. The van der Waals surface area contributed by atoms with E-state index in [0.29, 0.717) is 27.9 Å². The van der Waals surface area contributed by atoms with E-state index in [0.717, 1.165) is 0 Å². The van der Waals surface area contributed by atoms with Crippen LogP contribution < -0.4 is 21.5 Å². The highest BCUT2D eigenvalue weighted by Gasteiger charge is 2.15. The van der Waals surface area contributed by atoms with Gasteiger partial charge in [-0.2, -0.15) is 0 Å². The first-order valence-electron chi connectivity index (χ1n) is 8.64. The number of thioether (sulfide) groups is 1. The van der Waals surface area contributed by atoms with Gasteiger partial charge in [-0.05, 0) is 57.3 Å². The van der Waals surface area contributed by atoms with Crippen LogP contribution in [0.4, 0.5) is 0 Å². The van der Waals surface area contributed by atoms with Gasteiger partial charge in [-0.3, -0.25) is 20.4 Å². The summed E-state index contributed by atoms with van der Waals surface area (Å²) < 4.78 is 5.18. The summed E-state index contributed by atoms with van der Waals surface area (Å²) in [6.45, 7) is 6.22. The zero-order chi connectivity index (χ0) is 20.6. The number of rotatable bonds is 6. The monoisotopic (exact) mass is 420 g/mol. The lowest BCUT2D eigenvalue weighted by Gasteiger charge is -2.23. The number of benzene rings is 1. The van der Waals surface area contributed by atoms with Gasteiger partial charge in [-0.25, -0.2) is 0 Å². The number of carbonyl (C=O) groups excluding carboxylic acids is 2. The van der Waals surface area contributed by atoms with Crippen molar-refractivity contribution in [3.8, 4) is 0 Å². The van der Waals surface area contributed by atoms with E-state index in [-0.39, 0.29) is 23.1 Å². The van der Waals surface area contributed by atoms with Crippen molar-refractivity contribution in [3.05, 3.63) is 54.0 Å². The maximum atomic E-state index is 12.5. The molecule has 0 aliphatic heterocycles. The summed E-state index contributed by atoms with van der Waals surface area (Å²) in [6, 6.07) is 10.6. The van der Waals surface area contributed by atoms with Crippen LogP contribution >= 0.6 is 24.0 Å². The quantitative estimate of drug-likeness (QED) is 0.324. The van der Waals surface area contributed by atoms with Crippen LogP contribution in [0.15, 0.2) is 52.0 Å². The van der Waals surface area contributed by atoms with E-state index in [4.69, 9.17) is 16.6 Å². The Hall–Kier alpha value is -2.52. The maximum absolute atomic E-state index is 12.5. The summed E-state index contributed by atoms with van der Waals surface area (Å²) in [5.41, 5.74) is 5.50. The van der Waals surface area contributed by atoms with Crippen LogP contribution in [-0.2, 0) is 11.3 Å². The molecule has 4 N–H and O–H groups in total. The van der Waals surface area contributed by atoms with Crippen molar-refractivity contribution >= 4 is 40.9 Å². The Labute approximate surface area is 174 Å². The average Bonchev–Trinajstić information content (AvgIpc) is 3.15. The lowest BCUT2D eigenvalue weighted by molar-refractivity contribution is -0.118. The first-order chi connectivity index (χ1) is 13.2. The number of hydrogen-bond acceptors (Lipinski definition) is 5. The molecule has 28 heavy (non-hydrogen) atoms. The molecular weight excluding hydrogens is 396 g/mol. The van der Waals surface area contributed by atoms with Crippen LogP contribution in [0.2, 0.25) is 0 Å². The van der Waals surface area contributed by atoms with E-state index in [1.807, 2.05) is 26.8 Å². The van der Waals surface area contributed by atoms with Crippen LogP contribution in [0.3, 0.4) is 0 Å². The van der Waals surface area contributed by atoms with Gasteiger partial charge >= 0.3 is 0 Å². The summed E-state index contributed by atoms with van der Waals surface area (Å²) in [5.74, 6) is 0.383. The van der Waals surface area contributed by atoms with Crippen LogP contribution in [0.1, 0.15) is 36.9 Å². The van der Waals surface area contributed by atoms with E-state index in [9.17, 15) is 9.59 Å². The second-order valence-electron chi connectivity index (χ2n) is 6.92. The van der Waals surface area contributed by atoms with E-state index in [2.05, 4.69) is 21.5 Å². The minimum Gasteiger partial charge on any atom is -0.467 e. The number of hydrazine groups is 1. The summed E-state index contributed by atoms with van der Waals surface area (Å²) in [7, 11) is 0. The van der Waals surface area contributed by atoms with Gasteiger partial charge < -0.3 is 15.1 Å². The van der Waals surface area contributed by atoms with Gasteiger partial charge in [0.25, 0.3) is 5.91 Å². The number of nitrogens with one attached hydrogen (secondary N) is 4. The van der Waals surface area contributed by atoms with Gasteiger partial charge in [0.15, 0.2) is 5.11 Å². The van der Waals surface area contributed by atoms with Gasteiger partial charge in [0.05, 0.1) is 24.1 Å². The second-order valence-corrected chi connectivity index (χ2v) is 8.35. The first kappa shape index (κ1) is 21.8. The van der Waals surface area contributed by atoms with E-state index >= 15 is 0 Å². The number of carbonyl (C=O) groups is 2. The molecule has 9 heteroatoms. The van der Waals surface area contributed by atoms with Gasteiger partial charge in [0, 0.05) is 10.4 Å². The number of thiocarbonyl (C=S) groups is 1. The molecule has 1 aromatic heterocycles. The molecule has 0 spiro atoms. The van der Waals surface area contributed by atoms with Crippen molar-refractivity contribution in [3.63, 3.8) is 0 Å². The molecule has 0 atom stereocenters. The third-order valence-electron chi connectivity index (χ3n) is 3.31. The molecule has 1 heterocycles. The van der Waals surface area contributed by atoms with Crippen LogP contribution in [0.25, 0.3) is 0 Å². The third kappa shape index (κ3) is 7.61. The van der Waals surface area contributed by atoms with Crippen molar-refractivity contribution in [2.75, 3.05) is 5.75 Å². The fourth-order valence-electron chi connectivity index (χ4n) is 2.13. The number of furan rings is 1. The molecule has 0 radical (unpaired) electrons. The normalized spacial score (nSPS) is 10.8. The molecule has 0 fully saturated rings. The largest absolute Gasteiger partial charge is 0.467 e. The molecule has 2 aromatic rings. The molecule has 2 rings (SSSR count). The maximum Gasteiger partial charge on any atom is 0.270 e. The Kier molecular flexibility index (Phi) is 7.89. The predicted molar refractivity (Wildman–Crippen MR) is 114 cm³/mol. The molecular formula is C19H24N4O3S2. The smallest absolute Gasteiger partial charge is 0.270 e. The SMILES string of the molecule is CC(C)(C)NC(=S)NNC(=O)c1ccccc1SCC(=O)NCc1ccco1. The third-order valence-corrected chi connectivity index (χ3v) is 4.59. The van der Waals surface area contributed by atoms with E-state index < -0.39 is 0 Å². The van der Waals surface area contributed by atoms with Crippen molar-refractivity contribution in [2.45, 2.75) is 37.8 Å². The molecule has 150 valence electrons. The summed E-state index contributed by atoms with van der Waals surface area (Å²) >= 11 is 6.43. The average molecular weight is 421 g/mol. The highest BCUT2D eigenvalue weighted by atomic mass is 32.2. The van der Waals surface area contributed by atoms with Crippen LogP contribution in [0.5, 0.6) is 0 Å². The Morgan fingerprint density at radius 2 is 1.86 bits per heavy atom. The molecule has 0 saturated carbocycles. The lowest BCUT2D eigenvalue weighted by Crippen LogP contribution is -2.52. The van der Waals surface area contributed by atoms with Crippen LogP contribution in [-0.4, -0.2) is 28.2 Å². The lowest BCUT2D eigenvalue weighted by atomic mass is 10.1. The topological polar surface area (TPSA) is 95.4 Å². The van der Waals surface area contributed by atoms with Crippen molar-refractivity contribution in [2.24, 2.45) is 0 Å². The van der Waals surface area contributed by atoms with E-state index in [1.165, 1.54) is 11.8 Å².